The minimum Gasteiger partial charge on any atom is -0.347 e. The molecular formula is C22H29ClN2O2. The molecule has 2 amide bonds. The molecule has 1 aromatic rings. The summed E-state index contributed by atoms with van der Waals surface area (Å²) in [6.07, 6.45) is 5.97. The van der Waals surface area contributed by atoms with Gasteiger partial charge in [0.1, 0.15) is 0 Å². The van der Waals surface area contributed by atoms with Crippen LogP contribution >= 0.6 is 11.6 Å². The van der Waals surface area contributed by atoms with E-state index in [4.69, 9.17) is 11.6 Å². The molecule has 4 aliphatic carbocycles. The van der Waals surface area contributed by atoms with Gasteiger partial charge in [-0.1, -0.05) is 30.3 Å². The number of likely N-dealkylation sites (N-methyl/N-ethyl adjacent to an activating group) is 1. The third-order valence-corrected chi connectivity index (χ3v) is 7.57. The molecule has 0 aromatic heterocycles. The van der Waals surface area contributed by atoms with Crippen LogP contribution < -0.4 is 5.32 Å². The molecule has 0 radical (unpaired) electrons. The first-order valence-corrected chi connectivity index (χ1v) is 10.5. The van der Waals surface area contributed by atoms with Gasteiger partial charge in [-0.25, -0.2) is 0 Å². The summed E-state index contributed by atoms with van der Waals surface area (Å²) in [7, 11) is 1.80. The number of nitrogens with one attached hydrogen (secondary N) is 1. The van der Waals surface area contributed by atoms with Gasteiger partial charge >= 0.3 is 0 Å². The second-order valence-electron chi connectivity index (χ2n) is 9.17. The predicted molar refractivity (Wildman–Crippen MR) is 106 cm³/mol. The Balaban J connectivity index is 1.37. The van der Waals surface area contributed by atoms with Gasteiger partial charge in [-0.05, 0) is 62.8 Å². The predicted octanol–water partition coefficient (Wildman–Crippen LogP) is 3.90. The van der Waals surface area contributed by atoms with Crippen molar-refractivity contribution >= 4 is 23.4 Å². The number of hydrogen-bond donors (Lipinski definition) is 1. The summed E-state index contributed by atoms with van der Waals surface area (Å²) >= 11 is 6.83. The van der Waals surface area contributed by atoms with Crippen LogP contribution in [-0.4, -0.2) is 35.2 Å². The van der Waals surface area contributed by atoms with Gasteiger partial charge in [-0.3, -0.25) is 9.59 Å². The molecule has 4 fully saturated rings. The van der Waals surface area contributed by atoms with Crippen molar-refractivity contribution in [2.24, 2.45) is 17.3 Å². The van der Waals surface area contributed by atoms with Crippen molar-refractivity contribution in [3.63, 3.8) is 0 Å². The molecule has 0 unspecified atom stereocenters. The fourth-order valence-corrected chi connectivity index (χ4v) is 6.75. The van der Waals surface area contributed by atoms with E-state index in [9.17, 15) is 9.59 Å². The van der Waals surface area contributed by atoms with Crippen LogP contribution in [0.4, 0.5) is 0 Å². The normalized spacial score (nSPS) is 34.9. The van der Waals surface area contributed by atoms with Gasteiger partial charge < -0.3 is 10.2 Å². The average Bonchev–Trinajstić information content (AvgIpc) is 2.63. The number of nitrogens with zero attached hydrogens (tertiary/aromatic N) is 1. The smallest absolute Gasteiger partial charge is 0.242 e. The molecule has 4 saturated carbocycles. The fourth-order valence-electron chi connectivity index (χ4n) is 6.06. The Morgan fingerprint density at radius 2 is 1.81 bits per heavy atom. The van der Waals surface area contributed by atoms with Crippen LogP contribution in [0.25, 0.3) is 0 Å². The lowest BCUT2D eigenvalue weighted by Gasteiger charge is -2.59. The van der Waals surface area contributed by atoms with Gasteiger partial charge in [0.2, 0.25) is 11.8 Å². The number of rotatable bonds is 5. The van der Waals surface area contributed by atoms with Crippen LogP contribution in [0, 0.1) is 17.3 Å². The lowest BCUT2D eigenvalue weighted by molar-refractivity contribution is -0.146. The van der Waals surface area contributed by atoms with Gasteiger partial charge in [0, 0.05) is 11.9 Å². The van der Waals surface area contributed by atoms with Crippen LogP contribution in [0.5, 0.6) is 0 Å². The molecule has 5 heteroatoms. The Bertz CT molecular complexity index is 721. The molecule has 0 aliphatic heterocycles. The topological polar surface area (TPSA) is 49.4 Å². The second-order valence-corrected chi connectivity index (χ2v) is 9.97. The molecule has 4 aliphatic rings. The molecule has 5 rings (SSSR count). The summed E-state index contributed by atoms with van der Waals surface area (Å²) in [5.41, 5.74) is 0.736. The zero-order chi connectivity index (χ0) is 19.2. The van der Waals surface area contributed by atoms with Crippen molar-refractivity contribution in [3.05, 3.63) is 35.9 Å². The van der Waals surface area contributed by atoms with Crippen molar-refractivity contribution in [1.82, 2.24) is 10.2 Å². The quantitative estimate of drug-likeness (QED) is 0.777. The minimum absolute atomic E-state index is 0.0266. The Hall–Kier alpha value is -1.55. The van der Waals surface area contributed by atoms with E-state index in [1.54, 1.807) is 11.9 Å². The Labute approximate surface area is 166 Å². The second kappa shape index (κ2) is 6.80. The monoisotopic (exact) mass is 388 g/mol. The van der Waals surface area contributed by atoms with Gasteiger partial charge in [0.15, 0.2) is 0 Å². The summed E-state index contributed by atoms with van der Waals surface area (Å²) in [4.78, 5) is 27.2. The van der Waals surface area contributed by atoms with E-state index >= 15 is 0 Å². The standard InChI is InChI=1S/C22H29ClN2O2/c1-15(18-6-4-3-5-7-18)25(2)19(26)13-24-20(27)21-9-16-8-17(10-21)12-22(23,11-16)14-21/h3-7,15-17H,8-14H2,1-2H3,(H,24,27)/t15-,16-,17-,21?,22?/m1/s1. The van der Waals surface area contributed by atoms with Crippen LogP contribution in [0.15, 0.2) is 30.3 Å². The minimum atomic E-state index is -0.351. The maximum atomic E-state index is 13.1. The maximum absolute atomic E-state index is 13.1. The number of amides is 2. The highest BCUT2D eigenvalue weighted by atomic mass is 35.5. The Morgan fingerprint density at radius 1 is 1.19 bits per heavy atom. The third kappa shape index (κ3) is 3.49. The van der Waals surface area contributed by atoms with Gasteiger partial charge in [0.05, 0.1) is 18.0 Å². The third-order valence-electron chi connectivity index (χ3n) is 7.13. The highest BCUT2D eigenvalue weighted by Crippen LogP contribution is 2.63. The van der Waals surface area contributed by atoms with Crippen molar-refractivity contribution < 1.29 is 9.59 Å². The van der Waals surface area contributed by atoms with Gasteiger partial charge in [0.25, 0.3) is 0 Å². The van der Waals surface area contributed by atoms with Gasteiger partial charge in [-0.15, -0.1) is 11.6 Å². The van der Waals surface area contributed by atoms with E-state index in [0.717, 1.165) is 37.7 Å². The largest absolute Gasteiger partial charge is 0.347 e. The average molecular weight is 389 g/mol. The summed E-state index contributed by atoms with van der Waals surface area (Å²) in [5.74, 6) is 1.12. The van der Waals surface area contributed by atoms with E-state index in [-0.39, 0.29) is 34.7 Å². The van der Waals surface area contributed by atoms with Crippen molar-refractivity contribution in [2.75, 3.05) is 13.6 Å². The number of carbonyl (C=O) groups is 2. The van der Waals surface area contributed by atoms with Crippen molar-refractivity contribution in [1.29, 1.82) is 0 Å². The molecule has 0 heterocycles. The molecule has 27 heavy (non-hydrogen) atoms. The number of alkyl halides is 1. The van der Waals surface area contributed by atoms with E-state index in [2.05, 4.69) is 5.32 Å². The molecule has 0 saturated heterocycles. The van der Waals surface area contributed by atoms with Crippen molar-refractivity contribution in [3.8, 4) is 0 Å². The number of halogens is 1. The van der Waals surface area contributed by atoms with E-state index in [1.807, 2.05) is 37.3 Å². The van der Waals surface area contributed by atoms with Gasteiger partial charge in [-0.2, -0.15) is 0 Å². The molecule has 0 spiro atoms. The first kappa shape index (κ1) is 18.8. The number of carbonyl (C=O) groups excluding carboxylic acids is 2. The molecule has 1 N–H and O–H groups in total. The van der Waals surface area contributed by atoms with Crippen LogP contribution in [0.1, 0.15) is 57.1 Å². The summed E-state index contributed by atoms with van der Waals surface area (Å²) in [6.45, 7) is 2.06. The SMILES string of the molecule is C[C@H](c1ccccc1)N(C)C(=O)CNC(=O)C12C[C@H]3C[C@@H](CC(Cl)(C3)C1)C2. The zero-order valence-corrected chi connectivity index (χ0v) is 17.0. The molecule has 4 bridgehead atoms. The summed E-state index contributed by atoms with van der Waals surface area (Å²) in [5, 5.41) is 2.96. The lowest BCUT2D eigenvalue weighted by atomic mass is 9.49. The highest BCUT2D eigenvalue weighted by Gasteiger charge is 2.60. The van der Waals surface area contributed by atoms with Crippen molar-refractivity contribution in [2.45, 2.75) is 56.4 Å². The first-order chi connectivity index (χ1) is 12.8. The van der Waals surface area contributed by atoms with E-state index in [0.29, 0.717) is 11.8 Å². The van der Waals surface area contributed by atoms with Crippen LogP contribution in [0.2, 0.25) is 0 Å². The van der Waals surface area contributed by atoms with Crippen LogP contribution in [0.3, 0.4) is 0 Å². The molecular weight excluding hydrogens is 360 g/mol. The zero-order valence-electron chi connectivity index (χ0n) is 16.2. The molecule has 146 valence electrons. The van der Waals surface area contributed by atoms with Crippen LogP contribution in [-0.2, 0) is 9.59 Å². The first-order valence-electron chi connectivity index (χ1n) is 10.1. The molecule has 3 atom stereocenters. The number of hydrogen-bond acceptors (Lipinski definition) is 2. The highest BCUT2D eigenvalue weighted by molar-refractivity contribution is 6.24. The summed E-state index contributed by atoms with van der Waals surface area (Å²) in [6, 6.07) is 9.92. The van der Waals surface area contributed by atoms with E-state index < -0.39 is 0 Å². The fraction of sp³-hybridized carbons (Fsp3) is 0.636. The molecule has 1 aromatic carbocycles. The lowest BCUT2D eigenvalue weighted by Crippen LogP contribution is -2.59. The Morgan fingerprint density at radius 3 is 2.41 bits per heavy atom. The molecule has 4 nitrogen and oxygen atoms in total. The van der Waals surface area contributed by atoms with E-state index in [1.165, 1.54) is 6.42 Å². The number of benzene rings is 1. The Kier molecular flexibility index (Phi) is 4.74. The maximum Gasteiger partial charge on any atom is 0.242 e. The summed E-state index contributed by atoms with van der Waals surface area (Å²) < 4.78 is 0.